The summed E-state index contributed by atoms with van der Waals surface area (Å²) in [5, 5.41) is 4.23. The van der Waals surface area contributed by atoms with E-state index >= 15 is 0 Å². The molecule has 26 heavy (non-hydrogen) atoms. The van der Waals surface area contributed by atoms with Gasteiger partial charge in [0, 0.05) is 18.3 Å². The molecule has 0 radical (unpaired) electrons. The van der Waals surface area contributed by atoms with Crippen LogP contribution in [0.25, 0.3) is 6.08 Å². The molecule has 0 saturated heterocycles. The number of benzene rings is 1. The number of hydrogen-bond acceptors (Lipinski definition) is 5. The molecular weight excluding hydrogens is 354 g/mol. The number of nitrogens with zero attached hydrogens (tertiary/aromatic N) is 3. The van der Waals surface area contributed by atoms with Gasteiger partial charge in [-0.05, 0) is 31.6 Å². The van der Waals surface area contributed by atoms with Crippen LogP contribution in [-0.4, -0.2) is 36.5 Å². The van der Waals surface area contributed by atoms with Gasteiger partial charge in [-0.1, -0.05) is 25.1 Å². The van der Waals surface area contributed by atoms with Crippen LogP contribution in [0.3, 0.4) is 0 Å². The van der Waals surface area contributed by atoms with Crippen molar-refractivity contribution in [2.45, 2.75) is 31.7 Å². The minimum absolute atomic E-state index is 0.0901. The Balaban J connectivity index is 2.16. The molecule has 0 fully saturated rings. The fraction of sp³-hybridized carbons (Fsp3) is 0.278. The lowest BCUT2D eigenvalue weighted by molar-refractivity contribution is -0.137. The number of sulfonamides is 1. The second-order valence-corrected chi connectivity index (χ2v) is 7.24. The third-order valence-electron chi connectivity index (χ3n) is 3.86. The highest BCUT2D eigenvalue weighted by Crippen LogP contribution is 2.30. The van der Waals surface area contributed by atoms with Gasteiger partial charge in [-0.25, -0.2) is 4.79 Å². The zero-order valence-corrected chi connectivity index (χ0v) is 15.4. The van der Waals surface area contributed by atoms with Crippen molar-refractivity contribution >= 4 is 27.8 Å². The van der Waals surface area contributed by atoms with Crippen LogP contribution >= 0.6 is 0 Å². The number of aromatic nitrogens is 2. The van der Waals surface area contributed by atoms with Gasteiger partial charge in [0.2, 0.25) is 0 Å². The molecule has 1 aromatic heterocycles. The Morgan fingerprint density at radius 3 is 2.73 bits per heavy atom. The van der Waals surface area contributed by atoms with Gasteiger partial charge in [0.05, 0.1) is 28.5 Å². The number of esters is 1. The van der Waals surface area contributed by atoms with Crippen LogP contribution in [0, 0.1) is 0 Å². The van der Waals surface area contributed by atoms with E-state index in [4.69, 9.17) is 4.74 Å². The zero-order valence-electron chi connectivity index (χ0n) is 14.5. The summed E-state index contributed by atoms with van der Waals surface area (Å²) in [6.07, 6.45) is 4.08. The Hall–Kier alpha value is -2.74. The number of carbonyl (C=O) groups is 1. The first-order chi connectivity index (χ1) is 12.5. The molecule has 8 heteroatoms. The fourth-order valence-corrected chi connectivity index (χ4v) is 3.97. The van der Waals surface area contributed by atoms with Gasteiger partial charge in [-0.15, -0.1) is 0 Å². The number of carbonyl (C=O) groups excluding carboxylic acids is 1. The molecule has 0 aliphatic carbocycles. The Labute approximate surface area is 152 Å². The van der Waals surface area contributed by atoms with Gasteiger partial charge in [0.15, 0.2) is 0 Å². The third kappa shape index (κ3) is 3.32. The van der Waals surface area contributed by atoms with Crippen LogP contribution in [0.1, 0.15) is 31.5 Å². The predicted molar refractivity (Wildman–Crippen MR) is 97.3 cm³/mol. The number of ether oxygens (including phenoxy) is 1. The summed E-state index contributed by atoms with van der Waals surface area (Å²) >= 11 is 0. The minimum Gasteiger partial charge on any atom is -0.462 e. The molecule has 0 atom stereocenters. The molecule has 3 rings (SSSR count). The summed E-state index contributed by atoms with van der Waals surface area (Å²) in [7, 11) is -3.83. The zero-order chi connectivity index (χ0) is 18.7. The first kappa shape index (κ1) is 18.1. The lowest BCUT2D eigenvalue weighted by Gasteiger charge is -2.09. The maximum absolute atomic E-state index is 12.6. The smallest absolute Gasteiger partial charge is 0.340 e. The Morgan fingerprint density at radius 2 is 2.00 bits per heavy atom. The lowest BCUT2D eigenvalue weighted by Crippen LogP contribution is -2.16. The van der Waals surface area contributed by atoms with Gasteiger partial charge in [-0.2, -0.15) is 17.9 Å². The van der Waals surface area contributed by atoms with E-state index in [9.17, 15) is 13.2 Å². The molecule has 136 valence electrons. The van der Waals surface area contributed by atoms with E-state index < -0.39 is 16.0 Å². The molecule has 1 aliphatic rings. The van der Waals surface area contributed by atoms with Crippen molar-refractivity contribution in [3.05, 3.63) is 53.4 Å². The van der Waals surface area contributed by atoms with E-state index in [1.165, 1.54) is 6.07 Å². The molecule has 0 amide bonds. The molecule has 0 N–H and O–H groups in total. The highest BCUT2D eigenvalue weighted by atomic mass is 32.2. The van der Waals surface area contributed by atoms with Crippen molar-refractivity contribution in [3.63, 3.8) is 0 Å². The van der Waals surface area contributed by atoms with E-state index in [0.717, 1.165) is 6.42 Å². The van der Waals surface area contributed by atoms with Crippen molar-refractivity contribution in [1.82, 2.24) is 9.78 Å². The van der Waals surface area contributed by atoms with Crippen molar-refractivity contribution in [3.8, 4) is 0 Å². The monoisotopic (exact) mass is 373 g/mol. The van der Waals surface area contributed by atoms with Gasteiger partial charge in [0.1, 0.15) is 0 Å². The number of hydrogen-bond donors (Lipinski definition) is 0. The van der Waals surface area contributed by atoms with Crippen LogP contribution in [0.15, 0.2) is 51.4 Å². The summed E-state index contributed by atoms with van der Waals surface area (Å²) in [6, 6.07) is 8.20. The van der Waals surface area contributed by atoms with Crippen LogP contribution < -0.4 is 0 Å². The van der Waals surface area contributed by atoms with E-state index in [-0.39, 0.29) is 22.8 Å². The molecular formula is C18H19N3O4S. The molecule has 7 nitrogen and oxygen atoms in total. The summed E-state index contributed by atoms with van der Waals surface area (Å²) in [4.78, 5) is 12.6. The highest BCUT2D eigenvalue weighted by Gasteiger charge is 2.33. The molecule has 2 heterocycles. The number of rotatable bonds is 6. The lowest BCUT2D eigenvalue weighted by atomic mass is 10.0. The highest BCUT2D eigenvalue weighted by molar-refractivity contribution is 7.90. The second-order valence-electron chi connectivity index (χ2n) is 5.67. The van der Waals surface area contributed by atoms with Crippen molar-refractivity contribution in [2.75, 3.05) is 6.61 Å². The van der Waals surface area contributed by atoms with Crippen LogP contribution in [-0.2, 0) is 26.1 Å². The van der Waals surface area contributed by atoms with Crippen molar-refractivity contribution in [2.24, 2.45) is 4.40 Å². The van der Waals surface area contributed by atoms with Gasteiger partial charge in [0.25, 0.3) is 10.0 Å². The van der Waals surface area contributed by atoms with Crippen LogP contribution in [0.2, 0.25) is 0 Å². The first-order valence-corrected chi connectivity index (χ1v) is 9.77. The molecule has 1 aliphatic heterocycles. The van der Waals surface area contributed by atoms with Crippen LogP contribution in [0.4, 0.5) is 0 Å². The van der Waals surface area contributed by atoms with Gasteiger partial charge in [-0.3, -0.25) is 4.68 Å². The first-order valence-electron chi connectivity index (χ1n) is 8.33. The summed E-state index contributed by atoms with van der Waals surface area (Å²) in [5.74, 6) is -0.623. The molecule has 0 bridgehead atoms. The number of fused-ring (bicyclic) bond motifs is 1. The number of aryl methyl sites for hydroxylation is 1. The second kappa shape index (κ2) is 7.25. The summed E-state index contributed by atoms with van der Waals surface area (Å²) < 4.78 is 35.4. The van der Waals surface area contributed by atoms with E-state index in [1.807, 2.05) is 6.92 Å². The average molecular weight is 373 g/mol. The van der Waals surface area contributed by atoms with Crippen LogP contribution in [0.5, 0.6) is 0 Å². The topological polar surface area (TPSA) is 90.6 Å². The maximum atomic E-state index is 12.6. The quantitative estimate of drug-likeness (QED) is 0.573. The van der Waals surface area contributed by atoms with E-state index in [1.54, 1.807) is 48.1 Å². The average Bonchev–Trinajstić information content (AvgIpc) is 3.16. The maximum Gasteiger partial charge on any atom is 0.340 e. The van der Waals surface area contributed by atoms with Gasteiger partial charge < -0.3 is 4.74 Å². The molecule has 0 saturated carbocycles. The standard InChI is InChI=1S/C18H19N3O4S/c1-3-11-21-13(9-10-19-21)12-15(18(22)25-4-2)17-14-7-5-6-8-16(14)26(23,24)20-17/h5-10,12H,3-4,11H2,1-2H3. The SMILES string of the molecule is CCCn1nccc1C=C(C(=O)OCC)C1=NS(=O)(=O)c2ccccc21. The molecule has 2 aromatic rings. The van der Waals surface area contributed by atoms with Crippen molar-refractivity contribution < 1.29 is 17.9 Å². The Bertz CT molecular complexity index is 1000. The predicted octanol–water partition coefficient (Wildman–Crippen LogP) is 2.43. The molecule has 0 unspecified atom stereocenters. The summed E-state index contributed by atoms with van der Waals surface area (Å²) in [5.41, 5.74) is 1.27. The Morgan fingerprint density at radius 1 is 1.23 bits per heavy atom. The van der Waals surface area contributed by atoms with E-state index in [0.29, 0.717) is 17.8 Å². The van der Waals surface area contributed by atoms with E-state index in [2.05, 4.69) is 9.50 Å². The summed E-state index contributed by atoms with van der Waals surface area (Å²) in [6.45, 7) is 4.56. The van der Waals surface area contributed by atoms with Crippen molar-refractivity contribution in [1.29, 1.82) is 0 Å². The third-order valence-corrected chi connectivity index (χ3v) is 5.19. The fourth-order valence-electron chi connectivity index (χ4n) is 2.74. The Kier molecular flexibility index (Phi) is 5.03. The normalized spacial score (nSPS) is 15.5. The largest absolute Gasteiger partial charge is 0.462 e. The minimum atomic E-state index is -3.83. The molecule has 0 spiro atoms. The molecule has 1 aromatic carbocycles. The van der Waals surface area contributed by atoms with Gasteiger partial charge >= 0.3 is 5.97 Å².